The zero-order valence-electron chi connectivity index (χ0n) is 46.4. The first-order chi connectivity index (χ1) is 38.6. The van der Waals surface area contributed by atoms with Gasteiger partial charge in [-0.05, 0) is 44.5 Å². The largest absolute Gasteiger partial charge is 0.507 e. The fourth-order valence-electron chi connectivity index (χ4n) is 10.8. The van der Waals surface area contributed by atoms with Gasteiger partial charge in [0.25, 0.3) is 11.7 Å². The van der Waals surface area contributed by atoms with Crippen molar-refractivity contribution >= 4 is 63.2 Å². The molecule has 0 radical (unpaired) electrons. The van der Waals surface area contributed by atoms with Crippen molar-refractivity contribution in [1.82, 2.24) is 14.6 Å². The van der Waals surface area contributed by atoms with Crippen LogP contribution >= 0.6 is 0 Å². The SMILES string of the molecule is CO[C@H]1/C=C/O[C@@]2(C)Oc3c(C)c(O)c4c(O)c(c(/C=N/N(C)C5CCN(c6nc7c(cc6F)c(=O)c(C(=O)O)cn7-c6ccc(F)cc6F)C5)c(O)c4c3C2=O)NC(=O)/C(C)=C\C=C\[C@H](C)[C@H](O)[C@@H](C)[C@@H](O)[C@@H](C)[C@H](OC(C)=O)[C@@H]1C. The zero-order chi connectivity index (χ0) is 60.1. The molecule has 0 aliphatic carbocycles. The number of fused-ring (bicyclic) bond motifs is 15. The normalized spacial score (nSPS) is 26.8. The summed E-state index contributed by atoms with van der Waals surface area (Å²) in [7, 11) is 2.92. The number of allylic oxidation sites excluding steroid dienone is 2. The van der Waals surface area contributed by atoms with E-state index in [4.69, 9.17) is 18.9 Å². The van der Waals surface area contributed by atoms with Crippen molar-refractivity contribution in [2.75, 3.05) is 37.5 Å². The van der Waals surface area contributed by atoms with Gasteiger partial charge in [0.15, 0.2) is 23.0 Å². The molecular formula is C58H63F3N6O15. The Hall–Kier alpha value is -8.48. The van der Waals surface area contributed by atoms with Gasteiger partial charge >= 0.3 is 17.7 Å². The number of carbonyl (C=O) groups is 4. The molecule has 1 unspecified atom stereocenters. The topological polar surface area (TPSA) is 292 Å². The Kier molecular flexibility index (Phi) is 16.9. The predicted molar refractivity (Wildman–Crippen MR) is 294 cm³/mol. The van der Waals surface area contributed by atoms with Crippen molar-refractivity contribution < 1.29 is 81.9 Å². The fraction of sp³-hybridized carbons (Fsp3) is 0.397. The van der Waals surface area contributed by atoms with E-state index >= 15 is 8.78 Å². The molecule has 4 aliphatic heterocycles. The summed E-state index contributed by atoms with van der Waals surface area (Å²) in [6.45, 7) is 12.2. The lowest BCUT2D eigenvalue weighted by molar-refractivity contribution is -0.160. The number of aromatic nitrogens is 2. The summed E-state index contributed by atoms with van der Waals surface area (Å²) >= 11 is 0. The molecule has 436 valence electrons. The van der Waals surface area contributed by atoms with Crippen LogP contribution in [0.3, 0.4) is 0 Å². The van der Waals surface area contributed by atoms with Crippen LogP contribution in [0.4, 0.5) is 24.7 Å². The molecule has 5 aromatic rings. The third kappa shape index (κ3) is 10.9. The highest BCUT2D eigenvalue weighted by molar-refractivity contribution is 6.24. The minimum Gasteiger partial charge on any atom is -0.507 e. The minimum atomic E-state index is -2.19. The molecule has 82 heavy (non-hydrogen) atoms. The van der Waals surface area contributed by atoms with Crippen LogP contribution in [-0.2, 0) is 23.8 Å². The maximum atomic E-state index is 16.1. The van der Waals surface area contributed by atoms with Gasteiger partial charge in [0.2, 0.25) is 5.43 Å². The van der Waals surface area contributed by atoms with Gasteiger partial charge in [-0.3, -0.25) is 28.8 Å². The van der Waals surface area contributed by atoms with E-state index in [-0.39, 0.29) is 64.7 Å². The van der Waals surface area contributed by atoms with Crippen molar-refractivity contribution in [3.05, 3.63) is 117 Å². The van der Waals surface area contributed by atoms with E-state index in [2.05, 4.69) is 15.4 Å². The predicted octanol–water partition coefficient (Wildman–Crippen LogP) is 7.11. The van der Waals surface area contributed by atoms with E-state index in [9.17, 15) is 59.0 Å². The van der Waals surface area contributed by atoms with Crippen LogP contribution in [0.25, 0.3) is 27.5 Å². The standard InChI is InChI=1S/C58H63F3N6O15/c1-25-12-11-13-26(2)56(76)63-44-35(22-62-65(9)33-16-18-66(23-33)55-38(61)21-34-48(72)36(57(77)78)24-67(54(34)64-55)39-15-14-32(59)20-37(39)60)49(73)41-42(50(44)74)47(71)30(6)52-43(41)53(75)58(8,82-52)80-19-17-40(79-10)27(3)51(81-31(7)68)29(5)46(70)28(4)45(25)69/h11-15,17,19-22,24-25,27-29,33,40,45-46,51,69-71,73-74H,16,18,23H2,1-10H3,(H,63,76)(H,77,78)/b12-11+,19-17+,26-13-,62-22+/t25-,27+,28+,29+,33?,40-,45-,46+,51+,58-/m0/s1. The summed E-state index contributed by atoms with van der Waals surface area (Å²) in [5.41, 5.74) is -3.79. The highest BCUT2D eigenvalue weighted by atomic mass is 19.1. The summed E-state index contributed by atoms with van der Waals surface area (Å²) in [6.07, 6.45) is 5.03. The number of aromatic hydroxyl groups is 3. The maximum Gasteiger partial charge on any atom is 0.341 e. The zero-order valence-corrected chi connectivity index (χ0v) is 46.4. The number of ketones is 1. The number of ether oxygens (including phenoxy) is 4. The summed E-state index contributed by atoms with van der Waals surface area (Å²) in [5, 5.41) is 76.6. The molecule has 4 aliphatic rings. The van der Waals surface area contributed by atoms with E-state index < -0.39 is 151 Å². The Morgan fingerprint density at radius 3 is 2.32 bits per heavy atom. The second-order valence-electron chi connectivity index (χ2n) is 21.1. The highest BCUT2D eigenvalue weighted by Crippen LogP contribution is 2.55. The highest BCUT2D eigenvalue weighted by Gasteiger charge is 2.50. The van der Waals surface area contributed by atoms with Crippen LogP contribution in [0, 0.1) is 48.0 Å². The number of aromatic carboxylic acids is 1. The molecule has 1 saturated heterocycles. The molecule has 0 saturated carbocycles. The summed E-state index contributed by atoms with van der Waals surface area (Å²) < 4.78 is 70.0. The number of methoxy groups -OCH3 is 1. The first-order valence-electron chi connectivity index (χ1n) is 26.2. The number of nitrogens with zero attached hydrogens (tertiary/aromatic N) is 5. The van der Waals surface area contributed by atoms with Crippen LogP contribution in [0.15, 0.2) is 76.5 Å². The van der Waals surface area contributed by atoms with Crippen molar-refractivity contribution in [3.63, 3.8) is 0 Å². The number of nitrogens with one attached hydrogen (secondary N) is 1. The molecule has 24 heteroatoms. The van der Waals surface area contributed by atoms with Gasteiger partial charge in [0.05, 0.1) is 70.1 Å². The van der Waals surface area contributed by atoms with E-state index in [1.807, 2.05) is 0 Å². The van der Waals surface area contributed by atoms with Gasteiger partial charge in [-0.2, -0.15) is 5.10 Å². The van der Waals surface area contributed by atoms with Crippen LogP contribution < -0.4 is 20.4 Å². The minimum absolute atomic E-state index is 0.00767. The first kappa shape index (κ1) is 59.6. The second-order valence-corrected chi connectivity index (χ2v) is 21.1. The van der Waals surface area contributed by atoms with Gasteiger partial charge in [0.1, 0.15) is 40.6 Å². The Morgan fingerprint density at radius 2 is 1.66 bits per heavy atom. The number of hydrogen-bond acceptors (Lipinski definition) is 18. The first-order valence-corrected chi connectivity index (χ1v) is 26.2. The van der Waals surface area contributed by atoms with Gasteiger partial charge < -0.3 is 59.8 Å². The number of aliphatic hydroxyl groups is 2. The van der Waals surface area contributed by atoms with Crippen LogP contribution in [-0.4, -0.2) is 139 Å². The number of benzene rings is 3. The number of hydrazone groups is 1. The molecule has 6 heterocycles. The number of aliphatic hydroxyl groups excluding tert-OH is 2. The summed E-state index contributed by atoms with van der Waals surface area (Å²) in [4.78, 5) is 72.6. The van der Waals surface area contributed by atoms with Crippen molar-refractivity contribution in [3.8, 4) is 28.7 Å². The van der Waals surface area contributed by atoms with E-state index in [0.717, 1.165) is 41.4 Å². The van der Waals surface area contributed by atoms with Gasteiger partial charge in [-0.1, -0.05) is 45.9 Å². The Labute approximate surface area is 467 Å². The Balaban J connectivity index is 1.20. The molecule has 1 amide bonds. The van der Waals surface area contributed by atoms with Gasteiger partial charge in [-0.25, -0.2) is 22.9 Å². The lowest BCUT2D eigenvalue weighted by Gasteiger charge is -2.38. The third-order valence-corrected chi connectivity index (χ3v) is 15.7. The van der Waals surface area contributed by atoms with Crippen molar-refractivity contribution in [1.29, 1.82) is 0 Å². The Bertz CT molecular complexity index is 3620. The Morgan fingerprint density at radius 1 is 0.951 bits per heavy atom. The average Bonchev–Trinajstić information content (AvgIpc) is 2.04. The fourth-order valence-corrected chi connectivity index (χ4v) is 10.8. The lowest BCUT2D eigenvalue weighted by atomic mass is 9.78. The smallest absolute Gasteiger partial charge is 0.341 e. The van der Waals surface area contributed by atoms with Crippen molar-refractivity contribution in [2.45, 2.75) is 98.1 Å². The van der Waals surface area contributed by atoms with E-state index in [0.29, 0.717) is 6.07 Å². The summed E-state index contributed by atoms with van der Waals surface area (Å²) in [5.74, 6) is -14.9. The molecular weight excluding hydrogens is 1080 g/mol. The lowest BCUT2D eigenvalue weighted by Crippen LogP contribution is -2.46. The number of carboxylic acid groups (broad SMARTS) is 1. The molecule has 9 rings (SSSR count). The quantitative estimate of drug-likeness (QED) is 0.0268. The number of phenols is 3. The number of phenolic OH excluding ortho intramolecular Hbond substituents is 3. The third-order valence-electron chi connectivity index (χ3n) is 15.7. The number of rotatable bonds is 8. The molecule has 21 nitrogen and oxygen atoms in total. The number of pyridine rings is 2. The van der Waals surface area contributed by atoms with Crippen LogP contribution in [0.5, 0.6) is 23.0 Å². The molecule has 0 spiro atoms. The average molecular weight is 1140 g/mol. The van der Waals surface area contributed by atoms with Gasteiger partial charge in [-0.15, -0.1) is 0 Å². The number of halogens is 3. The number of carboxylic acids is 1. The van der Waals surface area contributed by atoms with E-state index in [1.165, 1.54) is 70.0 Å². The summed E-state index contributed by atoms with van der Waals surface area (Å²) in [6, 6.07) is 2.67. The molecule has 2 aromatic heterocycles. The number of anilines is 2. The van der Waals surface area contributed by atoms with Gasteiger partial charge in [0, 0.05) is 93.6 Å². The molecule has 7 N–H and O–H groups in total. The molecule has 3 aromatic carbocycles. The molecule has 10 atom stereocenters. The molecule has 5 bridgehead atoms. The number of likely N-dealkylation sites (N-methyl/N-ethyl adjacent to an activating group) is 1. The monoisotopic (exact) mass is 1140 g/mol. The number of esters is 1. The second kappa shape index (κ2) is 23.2. The number of amides is 1. The number of carbonyl (C=O) groups excluding carboxylic acids is 3. The van der Waals surface area contributed by atoms with E-state index in [1.54, 1.807) is 33.8 Å². The number of hydrogen-bond donors (Lipinski definition) is 7. The number of Topliss-reactive ketones (excluding diaryl/α,β-unsaturated/α-hetero) is 1. The maximum absolute atomic E-state index is 16.1. The van der Waals surface area contributed by atoms with Crippen molar-refractivity contribution in [2.24, 2.45) is 28.8 Å². The van der Waals surface area contributed by atoms with Crippen LogP contribution in [0.1, 0.15) is 86.7 Å². The van der Waals surface area contributed by atoms with Crippen LogP contribution in [0.2, 0.25) is 0 Å². The molecule has 1 fully saturated rings.